The van der Waals surface area contributed by atoms with Crippen LogP contribution in [-0.4, -0.2) is 47.7 Å². The molecule has 1 heterocycles. The van der Waals surface area contributed by atoms with Crippen molar-refractivity contribution in [3.63, 3.8) is 0 Å². The van der Waals surface area contributed by atoms with Crippen molar-refractivity contribution >= 4 is 17.7 Å². The molecule has 1 N–H and O–H groups in total. The first-order valence-corrected chi connectivity index (χ1v) is 7.50. The summed E-state index contributed by atoms with van der Waals surface area (Å²) in [5.74, 6) is 1.23. The van der Waals surface area contributed by atoms with E-state index in [0.717, 1.165) is 35.7 Å². The molecule has 0 spiro atoms. The van der Waals surface area contributed by atoms with Crippen molar-refractivity contribution < 1.29 is 14.6 Å². The predicted octanol–water partition coefficient (Wildman–Crippen LogP) is 2.01. The summed E-state index contributed by atoms with van der Waals surface area (Å²) < 4.78 is 5.10. The highest BCUT2D eigenvalue weighted by Gasteiger charge is 2.28. The molecule has 0 amide bonds. The van der Waals surface area contributed by atoms with Gasteiger partial charge in [-0.3, -0.25) is 9.69 Å². The summed E-state index contributed by atoms with van der Waals surface area (Å²) in [6.45, 7) is 2.17. The fourth-order valence-electron chi connectivity index (χ4n) is 2.36. The van der Waals surface area contributed by atoms with E-state index in [9.17, 15) is 9.90 Å². The Morgan fingerprint density at radius 2 is 2.21 bits per heavy atom. The van der Waals surface area contributed by atoms with Crippen LogP contribution in [0.4, 0.5) is 0 Å². The average molecular weight is 281 g/mol. The third kappa shape index (κ3) is 3.72. The number of nitrogens with zero attached hydrogens (tertiary/aromatic N) is 1. The molecule has 5 heteroatoms. The lowest BCUT2D eigenvalue weighted by Gasteiger charge is -2.32. The maximum absolute atomic E-state index is 11.6. The fourth-order valence-corrected chi connectivity index (χ4v) is 3.30. The average Bonchev–Trinajstić information content (AvgIpc) is 2.40. The van der Waals surface area contributed by atoms with E-state index in [1.807, 2.05) is 40.9 Å². The second-order valence-corrected chi connectivity index (χ2v) is 5.79. The van der Waals surface area contributed by atoms with Crippen LogP contribution >= 0.6 is 11.8 Å². The number of carbonyl (C=O) groups is 1. The molecule has 104 valence electrons. The van der Waals surface area contributed by atoms with Gasteiger partial charge in [0.25, 0.3) is 0 Å². The number of hydrogen-bond donors (Lipinski definition) is 1. The van der Waals surface area contributed by atoms with Gasteiger partial charge in [0.2, 0.25) is 0 Å². The second-order valence-electron chi connectivity index (χ2n) is 4.57. The third-order valence-electron chi connectivity index (χ3n) is 3.22. The minimum atomic E-state index is -0.776. The summed E-state index contributed by atoms with van der Waals surface area (Å²) in [4.78, 5) is 13.6. The highest BCUT2D eigenvalue weighted by molar-refractivity contribution is 7.99. The van der Waals surface area contributed by atoms with Crippen LogP contribution in [0.1, 0.15) is 17.2 Å². The quantitative estimate of drug-likeness (QED) is 0.894. The predicted molar refractivity (Wildman–Crippen MR) is 76.4 cm³/mol. The smallest absolute Gasteiger partial charge is 0.325 e. The van der Waals surface area contributed by atoms with Crippen LogP contribution in [0.2, 0.25) is 0 Å². The van der Waals surface area contributed by atoms with Crippen LogP contribution in [0.3, 0.4) is 0 Å². The number of rotatable bonds is 5. The second kappa shape index (κ2) is 6.93. The Bertz CT molecular complexity index is 432. The van der Waals surface area contributed by atoms with E-state index in [1.54, 1.807) is 7.11 Å². The van der Waals surface area contributed by atoms with E-state index in [4.69, 9.17) is 4.74 Å². The number of benzene rings is 1. The molecule has 0 unspecified atom stereocenters. The van der Waals surface area contributed by atoms with Crippen molar-refractivity contribution in [2.75, 3.05) is 31.7 Å². The molecule has 1 aromatic rings. The number of thioether (sulfide) groups is 1. The SMILES string of the molecule is COCc1cccc([C@H](C(=O)O)N2CCSCC2)c1. The minimum Gasteiger partial charge on any atom is -0.480 e. The van der Waals surface area contributed by atoms with Crippen molar-refractivity contribution in [3.8, 4) is 0 Å². The van der Waals surface area contributed by atoms with Gasteiger partial charge in [-0.15, -0.1) is 0 Å². The van der Waals surface area contributed by atoms with Crippen molar-refractivity contribution in [1.82, 2.24) is 4.90 Å². The van der Waals surface area contributed by atoms with E-state index in [1.165, 1.54) is 0 Å². The van der Waals surface area contributed by atoms with Gasteiger partial charge in [0, 0.05) is 31.7 Å². The molecule has 0 bridgehead atoms. The third-order valence-corrected chi connectivity index (χ3v) is 4.17. The largest absolute Gasteiger partial charge is 0.480 e. The van der Waals surface area contributed by atoms with Gasteiger partial charge in [-0.25, -0.2) is 0 Å². The summed E-state index contributed by atoms with van der Waals surface area (Å²) >= 11 is 1.88. The highest BCUT2D eigenvalue weighted by Crippen LogP contribution is 2.25. The van der Waals surface area contributed by atoms with Crippen LogP contribution < -0.4 is 0 Å². The zero-order valence-corrected chi connectivity index (χ0v) is 11.9. The van der Waals surface area contributed by atoms with Gasteiger partial charge < -0.3 is 9.84 Å². The number of ether oxygens (including phenoxy) is 1. The molecule has 0 saturated carbocycles. The van der Waals surface area contributed by atoms with Crippen LogP contribution in [0.25, 0.3) is 0 Å². The van der Waals surface area contributed by atoms with Gasteiger partial charge in [0.05, 0.1) is 6.61 Å². The van der Waals surface area contributed by atoms with E-state index >= 15 is 0 Å². The first-order valence-electron chi connectivity index (χ1n) is 6.34. The molecular formula is C14H19NO3S. The van der Waals surface area contributed by atoms with E-state index in [0.29, 0.717) is 6.61 Å². The Morgan fingerprint density at radius 1 is 1.47 bits per heavy atom. The van der Waals surface area contributed by atoms with Gasteiger partial charge in [-0.05, 0) is 11.1 Å². The van der Waals surface area contributed by atoms with Crippen LogP contribution in [0.15, 0.2) is 24.3 Å². The highest BCUT2D eigenvalue weighted by atomic mass is 32.2. The van der Waals surface area contributed by atoms with Crippen LogP contribution in [0.5, 0.6) is 0 Å². The zero-order valence-electron chi connectivity index (χ0n) is 11.0. The van der Waals surface area contributed by atoms with Crippen molar-refractivity contribution in [3.05, 3.63) is 35.4 Å². The molecule has 1 aromatic carbocycles. The molecule has 0 radical (unpaired) electrons. The first-order chi connectivity index (χ1) is 9.22. The summed E-state index contributed by atoms with van der Waals surface area (Å²) in [7, 11) is 1.64. The fraction of sp³-hybridized carbons (Fsp3) is 0.500. The molecule has 1 fully saturated rings. The number of hydrogen-bond acceptors (Lipinski definition) is 4. The van der Waals surface area contributed by atoms with Gasteiger partial charge in [0.15, 0.2) is 0 Å². The van der Waals surface area contributed by atoms with Crippen molar-refractivity contribution in [2.24, 2.45) is 0 Å². The molecule has 0 aliphatic carbocycles. The van der Waals surface area contributed by atoms with Crippen molar-refractivity contribution in [2.45, 2.75) is 12.6 Å². The molecule has 1 aliphatic rings. The molecular weight excluding hydrogens is 262 g/mol. The first kappa shape index (κ1) is 14.4. The van der Waals surface area contributed by atoms with Gasteiger partial charge in [0.1, 0.15) is 6.04 Å². The van der Waals surface area contributed by atoms with E-state index in [2.05, 4.69) is 0 Å². The Balaban J connectivity index is 2.22. The Hall–Kier alpha value is -1.04. The monoisotopic (exact) mass is 281 g/mol. The van der Waals surface area contributed by atoms with Gasteiger partial charge in [-0.2, -0.15) is 11.8 Å². The summed E-state index contributed by atoms with van der Waals surface area (Å²) in [6.07, 6.45) is 0. The maximum atomic E-state index is 11.6. The number of carboxylic acids is 1. The molecule has 1 atom stereocenters. The van der Waals surface area contributed by atoms with Crippen LogP contribution in [-0.2, 0) is 16.1 Å². The van der Waals surface area contributed by atoms with Gasteiger partial charge >= 0.3 is 5.97 Å². The lowest BCUT2D eigenvalue weighted by molar-refractivity contribution is -0.143. The topological polar surface area (TPSA) is 49.8 Å². The van der Waals surface area contributed by atoms with Crippen LogP contribution in [0, 0.1) is 0 Å². The Morgan fingerprint density at radius 3 is 2.84 bits per heavy atom. The van der Waals surface area contributed by atoms with Crippen molar-refractivity contribution in [1.29, 1.82) is 0 Å². The molecule has 2 rings (SSSR count). The summed E-state index contributed by atoms with van der Waals surface area (Å²) in [5, 5.41) is 9.52. The normalized spacial score (nSPS) is 18.2. The minimum absolute atomic E-state index is 0.510. The standard InChI is InChI=1S/C14H19NO3S/c1-18-10-11-3-2-4-12(9-11)13(14(16)17)15-5-7-19-8-6-15/h2-4,9,13H,5-8,10H2,1H3,(H,16,17)/t13-/m1/s1. The number of methoxy groups -OCH3 is 1. The molecule has 1 aliphatic heterocycles. The molecule has 0 aromatic heterocycles. The Labute approximate surface area is 117 Å². The summed E-state index contributed by atoms with van der Waals surface area (Å²) in [5.41, 5.74) is 1.85. The van der Waals surface area contributed by atoms with E-state index in [-0.39, 0.29) is 0 Å². The van der Waals surface area contributed by atoms with E-state index < -0.39 is 12.0 Å². The molecule has 1 saturated heterocycles. The zero-order chi connectivity index (χ0) is 13.7. The maximum Gasteiger partial charge on any atom is 0.325 e. The number of aliphatic carboxylic acids is 1. The van der Waals surface area contributed by atoms with Gasteiger partial charge in [-0.1, -0.05) is 24.3 Å². The Kier molecular flexibility index (Phi) is 5.24. The number of carboxylic acid groups (broad SMARTS) is 1. The lowest BCUT2D eigenvalue weighted by atomic mass is 10.0. The molecule has 4 nitrogen and oxygen atoms in total. The molecule has 19 heavy (non-hydrogen) atoms. The lowest BCUT2D eigenvalue weighted by Crippen LogP contribution is -2.39. The summed E-state index contributed by atoms with van der Waals surface area (Å²) in [6, 6.07) is 7.14.